The number of piperidine rings is 1. The van der Waals surface area contributed by atoms with Gasteiger partial charge in [0.15, 0.2) is 0 Å². The van der Waals surface area contributed by atoms with Crippen molar-refractivity contribution < 1.29 is 9.59 Å². The lowest BCUT2D eigenvalue weighted by Gasteiger charge is -2.33. The molecule has 1 aliphatic rings. The number of carbonyl (C=O) groups is 2. The first-order chi connectivity index (χ1) is 13.5. The maximum absolute atomic E-state index is 12.8. The zero-order valence-electron chi connectivity index (χ0n) is 16.6. The molecule has 150 valence electrons. The van der Waals surface area contributed by atoms with E-state index in [1.807, 2.05) is 49.3 Å². The van der Waals surface area contributed by atoms with Crippen LogP contribution < -0.4 is 5.32 Å². The molecule has 2 unspecified atom stereocenters. The van der Waals surface area contributed by atoms with E-state index in [0.717, 1.165) is 24.9 Å². The Balaban J connectivity index is 1.53. The molecule has 1 aromatic heterocycles. The van der Waals surface area contributed by atoms with Crippen molar-refractivity contribution in [3.63, 3.8) is 0 Å². The Morgan fingerprint density at radius 1 is 1.25 bits per heavy atom. The van der Waals surface area contributed by atoms with E-state index in [1.54, 1.807) is 11.3 Å². The van der Waals surface area contributed by atoms with Crippen LogP contribution in [0.25, 0.3) is 0 Å². The Kier molecular flexibility index (Phi) is 7.23. The second kappa shape index (κ2) is 9.85. The Morgan fingerprint density at radius 2 is 2.04 bits per heavy atom. The lowest BCUT2D eigenvalue weighted by atomic mass is 9.96. The summed E-state index contributed by atoms with van der Waals surface area (Å²) in [5, 5.41) is 7.30. The summed E-state index contributed by atoms with van der Waals surface area (Å²) in [4.78, 5) is 29.4. The fourth-order valence-electron chi connectivity index (χ4n) is 3.70. The quantitative estimate of drug-likeness (QED) is 0.779. The average molecular weight is 400 g/mol. The molecule has 1 aromatic carbocycles. The third-order valence-corrected chi connectivity index (χ3v) is 6.07. The lowest BCUT2D eigenvalue weighted by Crippen LogP contribution is -2.47. The molecule has 3 rings (SSSR count). The Bertz CT molecular complexity index is 761. The number of likely N-dealkylation sites (N-methyl/N-ethyl adjacent to an activating group) is 1. The highest BCUT2D eigenvalue weighted by Crippen LogP contribution is 2.21. The van der Waals surface area contributed by atoms with Crippen molar-refractivity contribution in [2.24, 2.45) is 5.92 Å². The molecule has 0 saturated carbocycles. The minimum absolute atomic E-state index is 0.0549. The molecular formula is C22H29N3O2S. The van der Waals surface area contributed by atoms with E-state index in [9.17, 15) is 9.59 Å². The predicted octanol–water partition coefficient (Wildman–Crippen LogP) is 2.95. The summed E-state index contributed by atoms with van der Waals surface area (Å²) in [5.41, 5.74) is 2.24. The van der Waals surface area contributed by atoms with E-state index < -0.39 is 0 Å². The van der Waals surface area contributed by atoms with Crippen LogP contribution in [0.15, 0.2) is 47.2 Å². The standard InChI is InChI=1S/C22H29N3O2S/c1-24(2)20(19-10-12-28-16-19)14-23-22(27)18-9-6-11-25(15-18)21(26)13-17-7-4-3-5-8-17/h3-5,7-8,10,12,16,18,20H,6,9,11,13-15H2,1-2H3,(H,23,27). The number of likely N-dealkylation sites (tertiary alicyclic amines) is 1. The molecule has 5 nitrogen and oxygen atoms in total. The van der Waals surface area contributed by atoms with Gasteiger partial charge in [-0.1, -0.05) is 30.3 Å². The van der Waals surface area contributed by atoms with Crippen LogP contribution in [0.3, 0.4) is 0 Å². The Morgan fingerprint density at radius 3 is 2.71 bits per heavy atom. The van der Waals surface area contributed by atoms with Gasteiger partial charge in [-0.15, -0.1) is 0 Å². The molecule has 2 atom stereocenters. The van der Waals surface area contributed by atoms with Gasteiger partial charge in [-0.2, -0.15) is 11.3 Å². The highest BCUT2D eigenvalue weighted by molar-refractivity contribution is 7.07. The van der Waals surface area contributed by atoms with Crippen molar-refractivity contribution in [2.75, 3.05) is 33.7 Å². The van der Waals surface area contributed by atoms with Gasteiger partial charge in [-0.25, -0.2) is 0 Å². The third-order valence-electron chi connectivity index (χ3n) is 5.36. The molecule has 0 radical (unpaired) electrons. The van der Waals surface area contributed by atoms with Gasteiger partial charge in [0.1, 0.15) is 0 Å². The van der Waals surface area contributed by atoms with Gasteiger partial charge in [-0.3, -0.25) is 9.59 Å². The van der Waals surface area contributed by atoms with E-state index in [1.165, 1.54) is 5.56 Å². The van der Waals surface area contributed by atoms with Crippen LogP contribution in [0.2, 0.25) is 0 Å². The molecule has 0 aliphatic carbocycles. The second-order valence-corrected chi connectivity index (χ2v) is 8.40. The van der Waals surface area contributed by atoms with Crippen LogP contribution >= 0.6 is 11.3 Å². The zero-order chi connectivity index (χ0) is 19.9. The Hall–Kier alpha value is -2.18. The number of amides is 2. The SMILES string of the molecule is CN(C)C(CNC(=O)C1CCCN(C(=O)Cc2ccccc2)C1)c1ccsc1. The van der Waals surface area contributed by atoms with Crippen molar-refractivity contribution >= 4 is 23.2 Å². The van der Waals surface area contributed by atoms with Gasteiger partial charge in [0, 0.05) is 19.6 Å². The van der Waals surface area contributed by atoms with E-state index >= 15 is 0 Å². The van der Waals surface area contributed by atoms with Crippen molar-refractivity contribution in [3.8, 4) is 0 Å². The molecule has 2 amide bonds. The second-order valence-electron chi connectivity index (χ2n) is 7.62. The fourth-order valence-corrected chi connectivity index (χ4v) is 4.41. The predicted molar refractivity (Wildman–Crippen MR) is 113 cm³/mol. The van der Waals surface area contributed by atoms with Gasteiger partial charge in [0.05, 0.1) is 18.4 Å². The molecule has 0 spiro atoms. The smallest absolute Gasteiger partial charge is 0.227 e. The number of nitrogens with one attached hydrogen (secondary N) is 1. The largest absolute Gasteiger partial charge is 0.354 e. The fraction of sp³-hybridized carbons (Fsp3) is 0.455. The highest BCUT2D eigenvalue weighted by Gasteiger charge is 2.29. The summed E-state index contributed by atoms with van der Waals surface area (Å²) in [6, 6.07) is 12.1. The van der Waals surface area contributed by atoms with Crippen LogP contribution in [0.4, 0.5) is 0 Å². The van der Waals surface area contributed by atoms with Crippen molar-refractivity contribution in [2.45, 2.75) is 25.3 Å². The highest BCUT2D eigenvalue weighted by atomic mass is 32.1. The van der Waals surface area contributed by atoms with E-state index in [2.05, 4.69) is 27.0 Å². The van der Waals surface area contributed by atoms with Crippen molar-refractivity contribution in [1.82, 2.24) is 15.1 Å². The van der Waals surface area contributed by atoms with Crippen LogP contribution in [-0.4, -0.2) is 55.3 Å². The van der Waals surface area contributed by atoms with Crippen LogP contribution in [0, 0.1) is 5.92 Å². The summed E-state index contributed by atoms with van der Waals surface area (Å²) in [6.45, 7) is 1.84. The summed E-state index contributed by atoms with van der Waals surface area (Å²) >= 11 is 1.67. The zero-order valence-corrected chi connectivity index (χ0v) is 17.5. The number of rotatable bonds is 7. The van der Waals surface area contributed by atoms with E-state index in [4.69, 9.17) is 0 Å². The van der Waals surface area contributed by atoms with Gasteiger partial charge in [0.2, 0.25) is 11.8 Å². The van der Waals surface area contributed by atoms with Gasteiger partial charge in [0.25, 0.3) is 0 Å². The van der Waals surface area contributed by atoms with Crippen molar-refractivity contribution in [3.05, 3.63) is 58.3 Å². The van der Waals surface area contributed by atoms with Gasteiger partial charge >= 0.3 is 0 Å². The van der Waals surface area contributed by atoms with E-state index in [0.29, 0.717) is 19.5 Å². The summed E-state index contributed by atoms with van der Waals surface area (Å²) in [6.07, 6.45) is 2.11. The Labute approximate surface area is 171 Å². The minimum Gasteiger partial charge on any atom is -0.354 e. The molecule has 1 aliphatic heterocycles. The maximum atomic E-state index is 12.8. The van der Waals surface area contributed by atoms with Crippen LogP contribution in [0.1, 0.15) is 30.0 Å². The molecule has 0 bridgehead atoms. The molecule has 2 heterocycles. The van der Waals surface area contributed by atoms with Gasteiger partial charge < -0.3 is 15.1 Å². The molecule has 1 saturated heterocycles. The number of nitrogens with zero attached hydrogens (tertiary/aromatic N) is 2. The van der Waals surface area contributed by atoms with E-state index in [-0.39, 0.29) is 23.8 Å². The van der Waals surface area contributed by atoms with Crippen LogP contribution in [-0.2, 0) is 16.0 Å². The summed E-state index contributed by atoms with van der Waals surface area (Å²) in [5.74, 6) is 0.0335. The average Bonchev–Trinajstić information content (AvgIpc) is 3.23. The molecule has 1 N–H and O–H groups in total. The third kappa shape index (κ3) is 5.42. The number of hydrogen-bond donors (Lipinski definition) is 1. The molecule has 2 aromatic rings. The number of thiophene rings is 1. The normalized spacial score (nSPS) is 18.1. The molecule has 28 heavy (non-hydrogen) atoms. The molecule has 6 heteroatoms. The molecule has 1 fully saturated rings. The number of carbonyl (C=O) groups excluding carboxylic acids is 2. The van der Waals surface area contributed by atoms with Crippen molar-refractivity contribution in [1.29, 1.82) is 0 Å². The van der Waals surface area contributed by atoms with Crippen LogP contribution in [0.5, 0.6) is 0 Å². The maximum Gasteiger partial charge on any atom is 0.227 e. The van der Waals surface area contributed by atoms with Gasteiger partial charge in [-0.05, 0) is 54.9 Å². The topological polar surface area (TPSA) is 52.7 Å². The molecular weight excluding hydrogens is 370 g/mol. The number of hydrogen-bond acceptors (Lipinski definition) is 4. The lowest BCUT2D eigenvalue weighted by molar-refractivity contribution is -0.135. The first-order valence-electron chi connectivity index (χ1n) is 9.82. The minimum atomic E-state index is -0.126. The first kappa shape index (κ1) is 20.6. The number of benzene rings is 1. The summed E-state index contributed by atoms with van der Waals surface area (Å²) in [7, 11) is 4.05. The first-order valence-corrected chi connectivity index (χ1v) is 10.8. The monoisotopic (exact) mass is 399 g/mol. The summed E-state index contributed by atoms with van der Waals surface area (Å²) < 4.78 is 0.